The Morgan fingerprint density at radius 3 is 2.31 bits per heavy atom. The van der Waals surface area contributed by atoms with Crippen LogP contribution in [0.2, 0.25) is 0 Å². The molecule has 1 unspecified atom stereocenters. The summed E-state index contributed by atoms with van der Waals surface area (Å²) >= 11 is 3.43. The highest BCUT2D eigenvalue weighted by Crippen LogP contribution is 2.43. The van der Waals surface area contributed by atoms with Gasteiger partial charge in [0.05, 0.1) is 5.92 Å². The first kappa shape index (κ1) is 19.0. The van der Waals surface area contributed by atoms with Crippen LogP contribution >= 0.6 is 15.9 Å². The van der Waals surface area contributed by atoms with Crippen LogP contribution in [0.3, 0.4) is 0 Å². The SMILES string of the molecule is C=C1c2cc(Br)ccc2C(=O)C1C1CCN(F)CC1.Cc1ccccc1. The van der Waals surface area contributed by atoms with Crippen molar-refractivity contribution in [1.29, 1.82) is 0 Å². The number of hydrogen-bond acceptors (Lipinski definition) is 2. The molecule has 0 amide bonds. The molecule has 26 heavy (non-hydrogen) atoms. The first-order chi connectivity index (χ1) is 12.5. The molecule has 1 aliphatic heterocycles. The number of Topliss-reactive ketones (excluding diaryl/α,β-unsaturated/α-hetero) is 1. The lowest BCUT2D eigenvalue weighted by molar-refractivity contribution is -0.0125. The van der Waals surface area contributed by atoms with Crippen molar-refractivity contribution in [3.05, 3.63) is 76.3 Å². The lowest BCUT2D eigenvalue weighted by Gasteiger charge is -2.29. The molecule has 2 aliphatic rings. The van der Waals surface area contributed by atoms with E-state index in [0.717, 1.165) is 39.1 Å². The van der Waals surface area contributed by atoms with E-state index in [4.69, 9.17) is 0 Å². The molecule has 0 spiro atoms. The van der Waals surface area contributed by atoms with Crippen LogP contribution in [0.1, 0.15) is 34.3 Å². The zero-order chi connectivity index (χ0) is 18.7. The minimum Gasteiger partial charge on any atom is -0.293 e. The van der Waals surface area contributed by atoms with E-state index in [1.54, 1.807) is 0 Å². The Balaban J connectivity index is 0.000000236. The second-order valence-corrected chi connectivity index (χ2v) is 7.87. The third-order valence-corrected chi connectivity index (χ3v) is 5.64. The largest absolute Gasteiger partial charge is 0.293 e. The Morgan fingerprint density at radius 1 is 1.08 bits per heavy atom. The van der Waals surface area contributed by atoms with Gasteiger partial charge < -0.3 is 0 Å². The van der Waals surface area contributed by atoms with Crippen molar-refractivity contribution in [1.82, 2.24) is 5.12 Å². The predicted octanol–water partition coefficient (Wildman–Crippen LogP) is 5.87. The first-order valence-corrected chi connectivity index (χ1v) is 9.72. The number of carbonyl (C=O) groups excluding carboxylic acids is 1. The molecule has 0 N–H and O–H groups in total. The first-order valence-electron chi connectivity index (χ1n) is 8.92. The quantitative estimate of drug-likeness (QED) is 0.543. The molecule has 0 radical (unpaired) electrons. The molecule has 2 aromatic carbocycles. The van der Waals surface area contributed by atoms with Gasteiger partial charge in [-0.15, -0.1) is 9.60 Å². The van der Waals surface area contributed by atoms with Gasteiger partial charge in [-0.3, -0.25) is 4.79 Å². The van der Waals surface area contributed by atoms with Crippen LogP contribution in [0.15, 0.2) is 59.6 Å². The monoisotopic (exact) mass is 415 g/mol. The lowest BCUT2D eigenvalue weighted by atomic mass is 9.80. The molecule has 2 aromatic rings. The van der Waals surface area contributed by atoms with Gasteiger partial charge in [0.25, 0.3) is 0 Å². The van der Waals surface area contributed by atoms with Gasteiger partial charge in [-0.25, -0.2) is 0 Å². The van der Waals surface area contributed by atoms with E-state index in [2.05, 4.69) is 41.6 Å². The topological polar surface area (TPSA) is 20.3 Å². The van der Waals surface area contributed by atoms with Gasteiger partial charge in [0, 0.05) is 23.1 Å². The van der Waals surface area contributed by atoms with E-state index in [-0.39, 0.29) is 17.6 Å². The Bertz CT molecular complexity index is 797. The fraction of sp³-hybridized carbons (Fsp3) is 0.318. The highest BCUT2D eigenvalue weighted by Gasteiger charge is 2.40. The normalized spacial score (nSPS) is 20.5. The summed E-state index contributed by atoms with van der Waals surface area (Å²) in [6.07, 6.45) is 1.45. The number of hydrogen-bond donors (Lipinski definition) is 0. The van der Waals surface area contributed by atoms with E-state index < -0.39 is 0 Å². The molecule has 1 fully saturated rings. The van der Waals surface area contributed by atoms with Crippen LogP contribution in [0.25, 0.3) is 5.57 Å². The lowest BCUT2D eigenvalue weighted by Crippen LogP contribution is -2.32. The maximum Gasteiger partial charge on any atom is 0.171 e. The zero-order valence-electron chi connectivity index (χ0n) is 14.9. The Labute approximate surface area is 162 Å². The summed E-state index contributed by atoms with van der Waals surface area (Å²) in [4.78, 5) is 12.5. The average molecular weight is 416 g/mol. The van der Waals surface area contributed by atoms with Crippen molar-refractivity contribution >= 4 is 27.3 Å². The number of piperidine rings is 1. The second-order valence-electron chi connectivity index (χ2n) is 6.96. The summed E-state index contributed by atoms with van der Waals surface area (Å²) in [7, 11) is 0. The van der Waals surface area contributed by atoms with Crippen molar-refractivity contribution in [2.24, 2.45) is 11.8 Å². The van der Waals surface area contributed by atoms with Gasteiger partial charge >= 0.3 is 0 Å². The second kappa shape index (κ2) is 8.28. The minimum absolute atomic E-state index is 0.155. The van der Waals surface area contributed by atoms with Gasteiger partial charge in [-0.1, -0.05) is 58.4 Å². The number of nitrogens with zero attached hydrogens (tertiary/aromatic N) is 1. The van der Waals surface area contributed by atoms with Gasteiger partial charge in [-0.2, -0.15) is 0 Å². The predicted molar refractivity (Wildman–Crippen MR) is 108 cm³/mol. The molecule has 0 aromatic heterocycles. The zero-order valence-corrected chi connectivity index (χ0v) is 16.5. The summed E-state index contributed by atoms with van der Waals surface area (Å²) in [5.41, 5.74) is 3.94. The third kappa shape index (κ3) is 4.13. The van der Waals surface area contributed by atoms with Gasteiger partial charge in [0.1, 0.15) is 0 Å². The summed E-state index contributed by atoms with van der Waals surface area (Å²) in [5.74, 6) is 0.223. The molecule has 0 saturated carbocycles. The minimum atomic E-state index is -0.155. The van der Waals surface area contributed by atoms with Crippen molar-refractivity contribution in [2.75, 3.05) is 13.1 Å². The molecular weight excluding hydrogens is 393 g/mol. The van der Waals surface area contributed by atoms with Crippen molar-refractivity contribution in [3.63, 3.8) is 0 Å². The third-order valence-electron chi connectivity index (χ3n) is 5.15. The number of ketones is 1. The molecular formula is C22H23BrFNO. The van der Waals surface area contributed by atoms with Crippen molar-refractivity contribution in [2.45, 2.75) is 19.8 Å². The van der Waals surface area contributed by atoms with E-state index in [1.807, 2.05) is 36.4 Å². The Kier molecular flexibility index (Phi) is 6.05. The van der Waals surface area contributed by atoms with Gasteiger partial charge in [0.15, 0.2) is 5.78 Å². The molecule has 4 heteroatoms. The number of fused-ring (bicyclic) bond motifs is 1. The highest BCUT2D eigenvalue weighted by atomic mass is 79.9. The highest BCUT2D eigenvalue weighted by molar-refractivity contribution is 9.10. The fourth-order valence-corrected chi connectivity index (χ4v) is 4.09. The maximum absolute atomic E-state index is 13.1. The molecule has 1 heterocycles. The summed E-state index contributed by atoms with van der Waals surface area (Å²) in [6, 6.07) is 16.0. The molecule has 1 saturated heterocycles. The smallest absolute Gasteiger partial charge is 0.171 e. The van der Waals surface area contributed by atoms with Crippen LogP contribution in [0.5, 0.6) is 0 Å². The standard InChI is InChI=1S/C15H15BrFNO.C7H8/c1-9-13-8-11(16)2-3-12(13)15(19)14(9)10-4-6-18(17)7-5-10;1-7-5-3-2-4-6-7/h2-3,8,10,14H,1,4-7H2;2-6H,1H3. The number of carbonyl (C=O) groups is 1. The van der Waals surface area contributed by atoms with E-state index >= 15 is 0 Å². The van der Waals surface area contributed by atoms with Crippen LogP contribution in [0, 0.1) is 18.8 Å². The Morgan fingerprint density at radius 2 is 1.73 bits per heavy atom. The fourth-order valence-electron chi connectivity index (χ4n) is 3.72. The molecule has 4 rings (SSSR count). The van der Waals surface area contributed by atoms with E-state index in [1.165, 1.54) is 5.56 Å². The number of aryl methyl sites for hydroxylation is 1. The van der Waals surface area contributed by atoms with Gasteiger partial charge in [0.2, 0.25) is 0 Å². The summed E-state index contributed by atoms with van der Waals surface area (Å²) in [5, 5.41) is 0.836. The van der Waals surface area contributed by atoms with Crippen LogP contribution in [-0.2, 0) is 0 Å². The average Bonchev–Trinajstić information content (AvgIpc) is 2.87. The van der Waals surface area contributed by atoms with Crippen LogP contribution < -0.4 is 0 Å². The number of halogens is 2. The molecule has 0 bridgehead atoms. The molecule has 1 aliphatic carbocycles. The van der Waals surface area contributed by atoms with Crippen LogP contribution in [-0.4, -0.2) is 24.0 Å². The Hall–Kier alpha value is -1.78. The van der Waals surface area contributed by atoms with E-state index in [0.29, 0.717) is 13.1 Å². The number of benzene rings is 2. The number of rotatable bonds is 1. The molecule has 1 atom stereocenters. The maximum atomic E-state index is 13.1. The number of allylic oxidation sites excluding steroid dienone is 1. The van der Waals surface area contributed by atoms with Crippen molar-refractivity contribution in [3.8, 4) is 0 Å². The van der Waals surface area contributed by atoms with Crippen molar-refractivity contribution < 1.29 is 9.28 Å². The van der Waals surface area contributed by atoms with E-state index in [9.17, 15) is 9.28 Å². The van der Waals surface area contributed by atoms with Gasteiger partial charge in [-0.05, 0) is 55.0 Å². The summed E-state index contributed by atoms with van der Waals surface area (Å²) in [6.45, 7) is 7.03. The molecule has 136 valence electrons. The summed E-state index contributed by atoms with van der Waals surface area (Å²) < 4.78 is 14.0. The molecule has 2 nitrogen and oxygen atoms in total. The van der Waals surface area contributed by atoms with Crippen LogP contribution in [0.4, 0.5) is 4.48 Å².